The monoisotopic (exact) mass is 163 g/mol. The largest absolute Gasteiger partial charge is 0.306 e. The molecule has 0 aromatic rings. The first kappa shape index (κ1) is 8.06. The lowest BCUT2D eigenvalue weighted by Gasteiger charge is -2.27. The summed E-state index contributed by atoms with van der Waals surface area (Å²) in [6.07, 6.45) is 11.9. The SMILES string of the molecule is CN(C)C1CCC2C=CC=CC21. The summed E-state index contributed by atoms with van der Waals surface area (Å²) in [4.78, 5) is 2.37. The lowest BCUT2D eigenvalue weighted by molar-refractivity contribution is 0.254. The van der Waals surface area contributed by atoms with E-state index in [0.717, 1.165) is 17.9 Å². The first-order chi connectivity index (χ1) is 5.79. The van der Waals surface area contributed by atoms with E-state index >= 15 is 0 Å². The fourth-order valence-electron chi connectivity index (χ4n) is 2.53. The fourth-order valence-corrected chi connectivity index (χ4v) is 2.53. The number of nitrogens with zero attached hydrogens (tertiary/aromatic N) is 1. The van der Waals surface area contributed by atoms with E-state index in [4.69, 9.17) is 0 Å². The van der Waals surface area contributed by atoms with Gasteiger partial charge in [-0.05, 0) is 38.8 Å². The molecular formula is C11H17N. The Balaban J connectivity index is 2.13. The molecule has 1 fully saturated rings. The van der Waals surface area contributed by atoms with Gasteiger partial charge in [0.2, 0.25) is 0 Å². The van der Waals surface area contributed by atoms with E-state index in [1.54, 1.807) is 0 Å². The zero-order chi connectivity index (χ0) is 8.55. The molecule has 0 heterocycles. The van der Waals surface area contributed by atoms with Crippen molar-refractivity contribution in [3.05, 3.63) is 24.3 Å². The number of rotatable bonds is 1. The molecule has 66 valence electrons. The maximum Gasteiger partial charge on any atom is 0.0158 e. The molecule has 0 radical (unpaired) electrons. The van der Waals surface area contributed by atoms with Crippen LogP contribution in [0.15, 0.2) is 24.3 Å². The van der Waals surface area contributed by atoms with Crippen molar-refractivity contribution in [2.24, 2.45) is 11.8 Å². The van der Waals surface area contributed by atoms with Gasteiger partial charge in [0, 0.05) is 6.04 Å². The van der Waals surface area contributed by atoms with Gasteiger partial charge in [0.15, 0.2) is 0 Å². The predicted octanol–water partition coefficient (Wildman–Crippen LogP) is 2.07. The van der Waals surface area contributed by atoms with Crippen LogP contribution in [0.5, 0.6) is 0 Å². The summed E-state index contributed by atoms with van der Waals surface area (Å²) in [6.45, 7) is 0. The van der Waals surface area contributed by atoms with Crippen LogP contribution in [0.2, 0.25) is 0 Å². The van der Waals surface area contributed by atoms with E-state index in [9.17, 15) is 0 Å². The van der Waals surface area contributed by atoms with Gasteiger partial charge in [-0.3, -0.25) is 0 Å². The van der Waals surface area contributed by atoms with Crippen LogP contribution in [0.3, 0.4) is 0 Å². The Morgan fingerprint density at radius 2 is 1.83 bits per heavy atom. The van der Waals surface area contributed by atoms with Crippen LogP contribution >= 0.6 is 0 Å². The molecule has 0 aromatic carbocycles. The normalized spacial score (nSPS) is 39.1. The lowest BCUT2D eigenvalue weighted by Crippen LogP contribution is -2.32. The minimum atomic E-state index is 0.774. The summed E-state index contributed by atoms with van der Waals surface area (Å²) in [6, 6.07) is 0.774. The Kier molecular flexibility index (Phi) is 2.05. The molecule has 1 nitrogen and oxygen atoms in total. The van der Waals surface area contributed by atoms with Crippen molar-refractivity contribution in [1.29, 1.82) is 0 Å². The quantitative estimate of drug-likeness (QED) is 0.572. The van der Waals surface area contributed by atoms with Crippen LogP contribution in [0.4, 0.5) is 0 Å². The van der Waals surface area contributed by atoms with E-state index < -0.39 is 0 Å². The molecule has 0 N–H and O–H groups in total. The van der Waals surface area contributed by atoms with E-state index in [-0.39, 0.29) is 0 Å². The fraction of sp³-hybridized carbons (Fsp3) is 0.636. The summed E-state index contributed by atoms with van der Waals surface area (Å²) in [5.74, 6) is 1.60. The first-order valence-corrected chi connectivity index (χ1v) is 4.80. The number of hydrogen-bond donors (Lipinski definition) is 0. The van der Waals surface area contributed by atoms with Crippen LogP contribution in [-0.2, 0) is 0 Å². The van der Waals surface area contributed by atoms with Gasteiger partial charge in [-0.2, -0.15) is 0 Å². The summed E-state index contributed by atoms with van der Waals surface area (Å²) >= 11 is 0. The minimum Gasteiger partial charge on any atom is -0.306 e. The van der Waals surface area contributed by atoms with Crippen molar-refractivity contribution >= 4 is 0 Å². The van der Waals surface area contributed by atoms with Crippen molar-refractivity contribution in [2.45, 2.75) is 18.9 Å². The van der Waals surface area contributed by atoms with Gasteiger partial charge in [0.25, 0.3) is 0 Å². The van der Waals surface area contributed by atoms with E-state index in [1.807, 2.05) is 0 Å². The van der Waals surface area contributed by atoms with Gasteiger partial charge in [0.05, 0.1) is 0 Å². The molecule has 0 aliphatic heterocycles. The maximum atomic E-state index is 2.38. The van der Waals surface area contributed by atoms with Crippen LogP contribution in [0, 0.1) is 11.8 Å². The Hall–Kier alpha value is -0.560. The third-order valence-corrected chi connectivity index (χ3v) is 3.20. The highest BCUT2D eigenvalue weighted by Crippen LogP contribution is 2.37. The van der Waals surface area contributed by atoms with Crippen molar-refractivity contribution in [3.8, 4) is 0 Å². The molecule has 3 atom stereocenters. The summed E-state index contributed by atoms with van der Waals surface area (Å²) in [5, 5.41) is 0. The number of fused-ring (bicyclic) bond motifs is 1. The van der Waals surface area contributed by atoms with Crippen LogP contribution < -0.4 is 0 Å². The molecule has 0 spiro atoms. The Labute approximate surface area is 74.8 Å². The molecule has 12 heavy (non-hydrogen) atoms. The van der Waals surface area contributed by atoms with Gasteiger partial charge in [0.1, 0.15) is 0 Å². The number of hydrogen-bond acceptors (Lipinski definition) is 1. The van der Waals surface area contributed by atoms with E-state index in [1.165, 1.54) is 12.8 Å². The molecule has 1 saturated carbocycles. The molecular weight excluding hydrogens is 146 g/mol. The van der Waals surface area contributed by atoms with Crippen molar-refractivity contribution in [2.75, 3.05) is 14.1 Å². The minimum absolute atomic E-state index is 0.774. The maximum absolute atomic E-state index is 2.38. The van der Waals surface area contributed by atoms with Crippen LogP contribution in [0.25, 0.3) is 0 Å². The standard InChI is InChI=1S/C11H17N/c1-12(2)11-8-7-9-5-3-4-6-10(9)11/h3-6,9-11H,7-8H2,1-2H3. The topological polar surface area (TPSA) is 3.24 Å². The van der Waals surface area contributed by atoms with Gasteiger partial charge in [-0.15, -0.1) is 0 Å². The van der Waals surface area contributed by atoms with Gasteiger partial charge < -0.3 is 4.90 Å². The molecule has 3 unspecified atom stereocenters. The molecule has 2 aliphatic carbocycles. The van der Waals surface area contributed by atoms with Crippen molar-refractivity contribution in [3.63, 3.8) is 0 Å². The van der Waals surface area contributed by atoms with E-state index in [0.29, 0.717) is 0 Å². The highest BCUT2D eigenvalue weighted by atomic mass is 15.1. The third kappa shape index (κ3) is 1.22. The Morgan fingerprint density at radius 3 is 2.58 bits per heavy atom. The van der Waals surface area contributed by atoms with Crippen molar-refractivity contribution in [1.82, 2.24) is 4.90 Å². The lowest BCUT2D eigenvalue weighted by atomic mass is 9.89. The average Bonchev–Trinajstić information content (AvgIpc) is 2.47. The van der Waals surface area contributed by atoms with Crippen LogP contribution in [-0.4, -0.2) is 25.0 Å². The highest BCUT2D eigenvalue weighted by molar-refractivity contribution is 5.18. The molecule has 2 rings (SSSR count). The summed E-state index contributed by atoms with van der Waals surface area (Å²) in [5.41, 5.74) is 0. The third-order valence-electron chi connectivity index (χ3n) is 3.20. The van der Waals surface area contributed by atoms with Gasteiger partial charge in [-0.25, -0.2) is 0 Å². The second kappa shape index (κ2) is 3.06. The van der Waals surface area contributed by atoms with Gasteiger partial charge >= 0.3 is 0 Å². The second-order valence-electron chi connectivity index (χ2n) is 4.12. The first-order valence-electron chi connectivity index (χ1n) is 4.80. The summed E-state index contributed by atoms with van der Waals surface area (Å²) < 4.78 is 0. The molecule has 0 amide bonds. The molecule has 2 aliphatic rings. The molecule has 0 saturated heterocycles. The number of allylic oxidation sites excluding steroid dienone is 3. The molecule has 0 bridgehead atoms. The van der Waals surface area contributed by atoms with Crippen LogP contribution in [0.1, 0.15) is 12.8 Å². The Bertz CT molecular complexity index is 215. The smallest absolute Gasteiger partial charge is 0.0158 e. The average molecular weight is 163 g/mol. The van der Waals surface area contributed by atoms with Gasteiger partial charge in [-0.1, -0.05) is 24.3 Å². The van der Waals surface area contributed by atoms with E-state index in [2.05, 4.69) is 43.3 Å². The zero-order valence-electron chi connectivity index (χ0n) is 7.90. The highest BCUT2D eigenvalue weighted by Gasteiger charge is 2.34. The Morgan fingerprint density at radius 1 is 1.08 bits per heavy atom. The zero-order valence-corrected chi connectivity index (χ0v) is 7.90. The van der Waals surface area contributed by atoms with Crippen molar-refractivity contribution < 1.29 is 0 Å². The predicted molar refractivity (Wildman–Crippen MR) is 52.0 cm³/mol. The second-order valence-corrected chi connectivity index (χ2v) is 4.12. The molecule has 1 heteroatoms. The molecule has 0 aromatic heterocycles. The summed E-state index contributed by atoms with van der Waals surface area (Å²) in [7, 11) is 4.39.